The van der Waals surface area contributed by atoms with Gasteiger partial charge >= 0.3 is 0 Å². The number of nitrogens with two attached hydrogens (primary N) is 1. The van der Waals surface area contributed by atoms with Crippen LogP contribution in [0.1, 0.15) is 0 Å². The van der Waals surface area contributed by atoms with Gasteiger partial charge in [-0.2, -0.15) is 0 Å². The molecule has 3 nitrogen and oxygen atoms in total. The highest BCUT2D eigenvalue weighted by Crippen LogP contribution is 2.20. The van der Waals surface area contributed by atoms with Gasteiger partial charge in [-0.25, -0.2) is 4.39 Å². The van der Waals surface area contributed by atoms with Gasteiger partial charge in [-0.1, -0.05) is 0 Å². The Hall–Kier alpha value is -1.97. The molecule has 70 valence electrons. The van der Waals surface area contributed by atoms with Crippen molar-refractivity contribution in [2.45, 2.75) is 0 Å². The molecule has 14 heavy (non-hydrogen) atoms. The van der Waals surface area contributed by atoms with Gasteiger partial charge in [0, 0.05) is 23.6 Å². The standard InChI is InChI=1S/C10H8FN3/c11-9-6-13-3-2-8(9)10-5-7(12)1-4-14-10/h1-6H,(H2,12,14). The zero-order chi connectivity index (χ0) is 9.97. The highest BCUT2D eigenvalue weighted by molar-refractivity contribution is 5.62. The monoisotopic (exact) mass is 189 g/mol. The molecule has 0 aromatic carbocycles. The Bertz CT molecular complexity index is 457. The summed E-state index contributed by atoms with van der Waals surface area (Å²) in [5.74, 6) is -0.398. The van der Waals surface area contributed by atoms with Crippen molar-refractivity contribution in [2.75, 3.05) is 5.73 Å². The topological polar surface area (TPSA) is 51.8 Å². The maximum absolute atomic E-state index is 13.3. The summed E-state index contributed by atoms with van der Waals surface area (Å²) in [4.78, 5) is 7.68. The van der Waals surface area contributed by atoms with Crippen LogP contribution in [-0.2, 0) is 0 Å². The Kier molecular flexibility index (Phi) is 2.10. The van der Waals surface area contributed by atoms with Crippen molar-refractivity contribution < 1.29 is 4.39 Å². The summed E-state index contributed by atoms with van der Waals surface area (Å²) in [5, 5.41) is 0. The molecule has 0 atom stereocenters. The van der Waals surface area contributed by atoms with Crippen molar-refractivity contribution >= 4 is 5.69 Å². The molecular weight excluding hydrogens is 181 g/mol. The van der Waals surface area contributed by atoms with E-state index in [1.165, 1.54) is 6.20 Å². The number of aromatic nitrogens is 2. The van der Waals surface area contributed by atoms with E-state index in [1.54, 1.807) is 24.4 Å². The second-order valence-corrected chi connectivity index (χ2v) is 2.83. The van der Waals surface area contributed by atoms with Gasteiger partial charge in [0.25, 0.3) is 0 Å². The molecule has 0 fully saturated rings. The third kappa shape index (κ3) is 1.54. The van der Waals surface area contributed by atoms with Gasteiger partial charge in [-0.15, -0.1) is 0 Å². The normalized spacial score (nSPS) is 10.1. The summed E-state index contributed by atoms with van der Waals surface area (Å²) >= 11 is 0. The average Bonchev–Trinajstić information content (AvgIpc) is 2.18. The molecule has 0 amide bonds. The van der Waals surface area contributed by atoms with Crippen LogP contribution in [0.4, 0.5) is 10.1 Å². The van der Waals surface area contributed by atoms with Crippen molar-refractivity contribution in [3.05, 3.63) is 42.6 Å². The lowest BCUT2D eigenvalue weighted by atomic mass is 10.1. The Balaban J connectivity index is 2.55. The quantitative estimate of drug-likeness (QED) is 0.744. The van der Waals surface area contributed by atoms with Gasteiger partial charge in [0.05, 0.1) is 11.9 Å². The molecule has 0 saturated carbocycles. The lowest BCUT2D eigenvalue weighted by molar-refractivity contribution is 0.624. The molecule has 0 saturated heterocycles. The number of hydrogen-bond acceptors (Lipinski definition) is 3. The third-order valence-corrected chi connectivity index (χ3v) is 1.83. The summed E-state index contributed by atoms with van der Waals surface area (Å²) in [6, 6.07) is 4.85. The molecule has 2 N–H and O–H groups in total. The Morgan fingerprint density at radius 2 is 2.07 bits per heavy atom. The van der Waals surface area contributed by atoms with Crippen LogP contribution >= 0.6 is 0 Å². The highest BCUT2D eigenvalue weighted by atomic mass is 19.1. The lowest BCUT2D eigenvalue weighted by Crippen LogP contribution is -1.91. The molecule has 2 aromatic rings. The van der Waals surface area contributed by atoms with Gasteiger partial charge in [0.15, 0.2) is 5.82 Å². The molecule has 0 spiro atoms. The van der Waals surface area contributed by atoms with E-state index >= 15 is 0 Å². The second kappa shape index (κ2) is 3.41. The molecule has 0 bridgehead atoms. The third-order valence-electron chi connectivity index (χ3n) is 1.83. The zero-order valence-electron chi connectivity index (χ0n) is 7.31. The van der Waals surface area contributed by atoms with Crippen molar-refractivity contribution in [3.63, 3.8) is 0 Å². The average molecular weight is 189 g/mol. The van der Waals surface area contributed by atoms with E-state index in [2.05, 4.69) is 9.97 Å². The van der Waals surface area contributed by atoms with Crippen molar-refractivity contribution in [1.82, 2.24) is 9.97 Å². The van der Waals surface area contributed by atoms with Crippen LogP contribution in [0.3, 0.4) is 0 Å². The van der Waals surface area contributed by atoms with E-state index in [-0.39, 0.29) is 0 Å². The van der Waals surface area contributed by atoms with E-state index < -0.39 is 5.82 Å². The van der Waals surface area contributed by atoms with Gasteiger partial charge in [-0.05, 0) is 18.2 Å². The number of halogens is 1. The van der Waals surface area contributed by atoms with E-state index in [0.717, 1.165) is 6.20 Å². The number of anilines is 1. The van der Waals surface area contributed by atoms with Crippen LogP contribution in [0.15, 0.2) is 36.8 Å². The molecule has 0 radical (unpaired) electrons. The van der Waals surface area contributed by atoms with Crippen LogP contribution in [0.5, 0.6) is 0 Å². The first-order valence-electron chi connectivity index (χ1n) is 4.09. The van der Waals surface area contributed by atoms with Crippen molar-refractivity contribution in [3.8, 4) is 11.3 Å². The summed E-state index contributed by atoms with van der Waals surface area (Å²) in [6.07, 6.45) is 4.22. The second-order valence-electron chi connectivity index (χ2n) is 2.83. The van der Waals surface area contributed by atoms with Gasteiger partial charge in [0.2, 0.25) is 0 Å². The van der Waals surface area contributed by atoms with Crippen molar-refractivity contribution in [2.24, 2.45) is 0 Å². The molecule has 0 unspecified atom stereocenters. The minimum atomic E-state index is -0.398. The maximum Gasteiger partial charge on any atom is 0.150 e. The van der Waals surface area contributed by atoms with Crippen molar-refractivity contribution in [1.29, 1.82) is 0 Å². The van der Waals surface area contributed by atoms with Crippen LogP contribution in [0.2, 0.25) is 0 Å². The first-order chi connectivity index (χ1) is 6.77. The molecule has 0 aliphatic carbocycles. The summed E-state index contributed by atoms with van der Waals surface area (Å²) in [7, 11) is 0. The first kappa shape index (κ1) is 8.62. The number of pyridine rings is 2. The van der Waals surface area contributed by atoms with Gasteiger partial charge in [0.1, 0.15) is 0 Å². The summed E-state index contributed by atoms with van der Waals surface area (Å²) in [6.45, 7) is 0. The Labute approximate surface area is 80.4 Å². The van der Waals surface area contributed by atoms with E-state index in [9.17, 15) is 4.39 Å². The molecule has 2 rings (SSSR count). The minimum absolute atomic E-state index is 0.398. The fourth-order valence-electron chi connectivity index (χ4n) is 1.18. The Morgan fingerprint density at radius 3 is 2.79 bits per heavy atom. The molecule has 2 heterocycles. The largest absolute Gasteiger partial charge is 0.399 e. The fraction of sp³-hybridized carbons (Fsp3) is 0. The molecule has 4 heteroatoms. The smallest absolute Gasteiger partial charge is 0.150 e. The summed E-state index contributed by atoms with van der Waals surface area (Å²) < 4.78 is 13.3. The number of nitrogens with zero attached hydrogens (tertiary/aromatic N) is 2. The van der Waals surface area contributed by atoms with E-state index in [1.807, 2.05) is 0 Å². The predicted molar refractivity (Wildman–Crippen MR) is 51.8 cm³/mol. The van der Waals surface area contributed by atoms with Crippen LogP contribution in [0.25, 0.3) is 11.3 Å². The maximum atomic E-state index is 13.3. The van der Waals surface area contributed by atoms with E-state index in [0.29, 0.717) is 16.9 Å². The number of nitrogen functional groups attached to an aromatic ring is 1. The molecule has 2 aromatic heterocycles. The zero-order valence-corrected chi connectivity index (χ0v) is 7.31. The molecule has 0 aliphatic rings. The van der Waals surface area contributed by atoms with Crippen LogP contribution in [-0.4, -0.2) is 9.97 Å². The SMILES string of the molecule is Nc1ccnc(-c2ccncc2F)c1. The predicted octanol–water partition coefficient (Wildman–Crippen LogP) is 1.86. The van der Waals surface area contributed by atoms with E-state index in [4.69, 9.17) is 5.73 Å². The van der Waals surface area contributed by atoms with Gasteiger partial charge in [-0.3, -0.25) is 9.97 Å². The van der Waals surface area contributed by atoms with Crippen LogP contribution in [0, 0.1) is 5.82 Å². The fourth-order valence-corrected chi connectivity index (χ4v) is 1.18. The summed E-state index contributed by atoms with van der Waals surface area (Å²) in [5.41, 5.74) is 7.06. The number of rotatable bonds is 1. The Morgan fingerprint density at radius 1 is 1.21 bits per heavy atom. The van der Waals surface area contributed by atoms with Crippen LogP contribution < -0.4 is 5.73 Å². The highest BCUT2D eigenvalue weighted by Gasteiger charge is 2.05. The number of hydrogen-bond donors (Lipinski definition) is 1. The minimum Gasteiger partial charge on any atom is -0.399 e. The lowest BCUT2D eigenvalue weighted by Gasteiger charge is -2.01. The molecular formula is C10H8FN3. The first-order valence-corrected chi connectivity index (χ1v) is 4.09. The van der Waals surface area contributed by atoms with Gasteiger partial charge < -0.3 is 5.73 Å². The molecule has 0 aliphatic heterocycles.